The third-order valence-corrected chi connectivity index (χ3v) is 12.9. The number of para-hydroxylation sites is 2. The van der Waals surface area contributed by atoms with Crippen LogP contribution >= 0.6 is 0 Å². The van der Waals surface area contributed by atoms with Crippen LogP contribution in [0.25, 0.3) is 88.7 Å². The summed E-state index contributed by atoms with van der Waals surface area (Å²) in [6.07, 6.45) is 0. The molecule has 0 aliphatic heterocycles. The lowest BCUT2D eigenvalue weighted by atomic mass is 9.80. The van der Waals surface area contributed by atoms with Crippen LogP contribution in [0, 0.1) is 0 Å². The molecule has 0 fully saturated rings. The van der Waals surface area contributed by atoms with E-state index in [4.69, 9.17) is 4.42 Å². The molecule has 1 heterocycles. The molecule has 1 aromatic heterocycles. The number of hydrogen-bond acceptors (Lipinski definition) is 2. The zero-order valence-electron chi connectivity index (χ0n) is 32.9. The van der Waals surface area contributed by atoms with Gasteiger partial charge >= 0.3 is 0 Å². The van der Waals surface area contributed by atoms with Gasteiger partial charge in [-0.1, -0.05) is 178 Å². The highest BCUT2D eigenvalue weighted by Crippen LogP contribution is 2.55. The highest BCUT2D eigenvalue weighted by atomic mass is 16.3. The molecular formula is C57H39NO. The zero-order chi connectivity index (χ0) is 39.2. The molecule has 9 aromatic carbocycles. The fraction of sp³-hybridized carbons (Fsp3) is 0.0526. The van der Waals surface area contributed by atoms with Gasteiger partial charge in [-0.25, -0.2) is 0 Å². The average molecular weight is 754 g/mol. The smallest absolute Gasteiger partial charge is 0.143 e. The number of hydrogen-bond donors (Lipinski definition) is 0. The van der Waals surface area contributed by atoms with E-state index in [1.807, 2.05) is 6.07 Å². The van der Waals surface area contributed by atoms with Gasteiger partial charge in [0.25, 0.3) is 0 Å². The third kappa shape index (κ3) is 5.00. The van der Waals surface area contributed by atoms with Gasteiger partial charge in [0.15, 0.2) is 0 Å². The molecule has 2 heteroatoms. The zero-order valence-corrected chi connectivity index (χ0v) is 32.9. The first-order valence-corrected chi connectivity index (χ1v) is 20.5. The number of benzene rings is 9. The molecule has 0 saturated heterocycles. The van der Waals surface area contributed by atoms with Crippen molar-refractivity contribution in [3.8, 4) is 66.8 Å². The molecule has 12 rings (SSSR count). The molecule has 10 aromatic rings. The molecule has 59 heavy (non-hydrogen) atoms. The summed E-state index contributed by atoms with van der Waals surface area (Å²) >= 11 is 0. The van der Waals surface area contributed by atoms with Gasteiger partial charge in [-0.15, -0.1) is 0 Å². The van der Waals surface area contributed by atoms with E-state index < -0.39 is 0 Å². The Bertz CT molecular complexity index is 3300. The normalized spacial score (nSPS) is 13.1. The highest BCUT2D eigenvalue weighted by molar-refractivity contribution is 6.10. The predicted molar refractivity (Wildman–Crippen MR) is 247 cm³/mol. The Hall–Kier alpha value is -7.42. The average Bonchev–Trinajstić information content (AvgIpc) is 3.78. The molecule has 2 nitrogen and oxygen atoms in total. The Morgan fingerprint density at radius 3 is 1.61 bits per heavy atom. The summed E-state index contributed by atoms with van der Waals surface area (Å²) in [5.74, 6) is 0. The summed E-state index contributed by atoms with van der Waals surface area (Å²) in [7, 11) is 0. The van der Waals surface area contributed by atoms with E-state index in [9.17, 15) is 0 Å². The van der Waals surface area contributed by atoms with Gasteiger partial charge in [-0.05, 0) is 103 Å². The molecule has 2 aliphatic carbocycles. The number of rotatable bonds is 4. The van der Waals surface area contributed by atoms with Crippen LogP contribution in [0.15, 0.2) is 205 Å². The molecule has 278 valence electrons. The number of fused-ring (bicyclic) bond motifs is 14. The SMILES string of the molecule is CC1(C)c2ccccc2-c2ccc(N(c3ccc(-c4cccc5c4oc4ccccc45)cc3)c3cccc4c3-c3ccccc3-c3ccccc3-c3ccccc3-4)cc21. The van der Waals surface area contributed by atoms with E-state index >= 15 is 0 Å². The van der Waals surface area contributed by atoms with Gasteiger partial charge in [0.2, 0.25) is 0 Å². The quantitative estimate of drug-likeness (QED) is 0.178. The molecular weight excluding hydrogens is 715 g/mol. The molecule has 0 atom stereocenters. The fourth-order valence-corrected chi connectivity index (χ4v) is 10.1. The van der Waals surface area contributed by atoms with E-state index in [0.717, 1.165) is 50.1 Å². The van der Waals surface area contributed by atoms with Crippen molar-refractivity contribution in [1.82, 2.24) is 0 Å². The van der Waals surface area contributed by atoms with Crippen LogP contribution < -0.4 is 4.90 Å². The van der Waals surface area contributed by atoms with Crippen molar-refractivity contribution in [2.24, 2.45) is 0 Å². The maximum absolute atomic E-state index is 6.50. The lowest BCUT2D eigenvalue weighted by Gasteiger charge is -2.32. The maximum Gasteiger partial charge on any atom is 0.143 e. The van der Waals surface area contributed by atoms with E-state index in [1.54, 1.807) is 0 Å². The molecule has 2 aliphatic rings. The maximum atomic E-state index is 6.50. The van der Waals surface area contributed by atoms with E-state index in [0.29, 0.717) is 0 Å². The Balaban J connectivity index is 1.11. The number of furan rings is 1. The molecule has 0 unspecified atom stereocenters. The van der Waals surface area contributed by atoms with Crippen molar-refractivity contribution in [2.45, 2.75) is 19.3 Å². The van der Waals surface area contributed by atoms with Crippen LogP contribution in [0.2, 0.25) is 0 Å². The van der Waals surface area contributed by atoms with Gasteiger partial charge in [-0.3, -0.25) is 0 Å². The van der Waals surface area contributed by atoms with Crippen molar-refractivity contribution >= 4 is 39.0 Å². The van der Waals surface area contributed by atoms with Gasteiger partial charge in [0.1, 0.15) is 11.2 Å². The summed E-state index contributed by atoms with van der Waals surface area (Å²) in [4.78, 5) is 2.48. The van der Waals surface area contributed by atoms with Crippen molar-refractivity contribution in [3.63, 3.8) is 0 Å². The van der Waals surface area contributed by atoms with Crippen LogP contribution in [-0.4, -0.2) is 0 Å². The fourth-order valence-electron chi connectivity index (χ4n) is 10.1. The Morgan fingerprint density at radius 1 is 0.373 bits per heavy atom. The number of nitrogens with zero attached hydrogens (tertiary/aromatic N) is 1. The summed E-state index contributed by atoms with van der Waals surface area (Å²) < 4.78 is 6.50. The largest absolute Gasteiger partial charge is 0.455 e. The summed E-state index contributed by atoms with van der Waals surface area (Å²) in [5, 5.41) is 2.27. The minimum Gasteiger partial charge on any atom is -0.455 e. The second-order valence-electron chi connectivity index (χ2n) is 16.4. The van der Waals surface area contributed by atoms with Crippen LogP contribution in [0.5, 0.6) is 0 Å². The lowest BCUT2D eigenvalue weighted by molar-refractivity contribution is 0.660. The first-order valence-electron chi connectivity index (χ1n) is 20.5. The predicted octanol–water partition coefficient (Wildman–Crippen LogP) is 16.0. The van der Waals surface area contributed by atoms with Crippen molar-refractivity contribution in [2.75, 3.05) is 4.90 Å². The van der Waals surface area contributed by atoms with Crippen LogP contribution in [-0.2, 0) is 5.41 Å². The van der Waals surface area contributed by atoms with Crippen LogP contribution in [0.1, 0.15) is 25.0 Å². The monoisotopic (exact) mass is 753 g/mol. The van der Waals surface area contributed by atoms with E-state index in [2.05, 4.69) is 213 Å². The second kappa shape index (κ2) is 12.8. The minimum absolute atomic E-state index is 0.149. The molecule has 0 radical (unpaired) electrons. The highest BCUT2D eigenvalue weighted by Gasteiger charge is 2.36. The van der Waals surface area contributed by atoms with E-state index in [1.165, 1.54) is 66.8 Å². The Morgan fingerprint density at radius 2 is 0.881 bits per heavy atom. The van der Waals surface area contributed by atoms with Crippen molar-refractivity contribution in [3.05, 3.63) is 211 Å². The third-order valence-electron chi connectivity index (χ3n) is 12.9. The molecule has 0 N–H and O–H groups in total. The van der Waals surface area contributed by atoms with Crippen molar-refractivity contribution in [1.29, 1.82) is 0 Å². The second-order valence-corrected chi connectivity index (χ2v) is 16.4. The summed E-state index contributed by atoms with van der Waals surface area (Å²) in [6.45, 7) is 4.73. The van der Waals surface area contributed by atoms with Gasteiger partial charge in [0, 0.05) is 38.7 Å². The molecule has 0 amide bonds. The summed E-state index contributed by atoms with van der Waals surface area (Å²) in [6, 6.07) is 73.4. The standard InChI is InChI=1S/C57H39NO/c1-57(2)51-26-11-9-20-45(51)46-34-33-38(35-52(46)57)58(37-31-29-36(30-32-37)39-23-13-25-50-47-21-10-12-28-54(47)59-56(39)50)53-27-14-24-49-44-18-6-5-17-42(44)40-15-3-4-16-41(40)43-19-7-8-22-48(43)55(49)53/h3-35H,1-2H3. The van der Waals surface area contributed by atoms with Crippen molar-refractivity contribution < 1.29 is 4.42 Å². The van der Waals surface area contributed by atoms with Crippen LogP contribution in [0.3, 0.4) is 0 Å². The topological polar surface area (TPSA) is 16.4 Å². The number of anilines is 3. The molecule has 0 spiro atoms. The Kier molecular flexibility index (Phi) is 7.31. The minimum atomic E-state index is -0.149. The van der Waals surface area contributed by atoms with Gasteiger partial charge < -0.3 is 9.32 Å². The molecule has 0 saturated carbocycles. The van der Waals surface area contributed by atoms with Gasteiger partial charge in [0.05, 0.1) is 5.69 Å². The first-order chi connectivity index (χ1) is 29.0. The van der Waals surface area contributed by atoms with Gasteiger partial charge in [-0.2, -0.15) is 0 Å². The first kappa shape index (κ1) is 33.7. The summed E-state index contributed by atoms with van der Waals surface area (Å²) in [5.41, 5.74) is 22.4. The lowest BCUT2D eigenvalue weighted by Crippen LogP contribution is -2.17. The van der Waals surface area contributed by atoms with E-state index in [-0.39, 0.29) is 5.41 Å². The van der Waals surface area contributed by atoms with Crippen LogP contribution in [0.4, 0.5) is 17.1 Å². The molecule has 0 bridgehead atoms. The Labute approximate surface area is 344 Å².